The molecular formula is C12H24O5Si. The van der Waals surface area contributed by atoms with Crippen molar-refractivity contribution in [1.29, 1.82) is 0 Å². The van der Waals surface area contributed by atoms with E-state index in [0.29, 0.717) is 6.10 Å². The molecule has 0 radical (unpaired) electrons. The Labute approximate surface area is 110 Å². The van der Waals surface area contributed by atoms with E-state index in [1.807, 2.05) is 0 Å². The first-order valence-corrected chi connectivity index (χ1v) is 8.54. The number of fused-ring (bicyclic) bond motifs is 1. The summed E-state index contributed by atoms with van der Waals surface area (Å²) in [6.45, 7) is 0.213. The van der Waals surface area contributed by atoms with Crippen LogP contribution in [0.25, 0.3) is 0 Å². The van der Waals surface area contributed by atoms with Crippen molar-refractivity contribution in [2.75, 3.05) is 28.1 Å². The van der Waals surface area contributed by atoms with Crippen molar-refractivity contribution in [3.05, 3.63) is 0 Å². The summed E-state index contributed by atoms with van der Waals surface area (Å²) in [7, 11) is 2.32. The molecule has 0 bridgehead atoms. The molecule has 2 unspecified atom stereocenters. The van der Waals surface area contributed by atoms with Crippen LogP contribution in [-0.4, -0.2) is 48.6 Å². The van der Waals surface area contributed by atoms with Crippen molar-refractivity contribution in [1.82, 2.24) is 0 Å². The molecule has 0 spiro atoms. The predicted molar refractivity (Wildman–Crippen MR) is 68.2 cm³/mol. The zero-order chi connectivity index (χ0) is 13.1. The fraction of sp³-hybridized carbons (Fsp3) is 1.00. The first kappa shape index (κ1) is 14.4. The summed E-state index contributed by atoms with van der Waals surface area (Å²) in [5.74, 6) is 0. The number of epoxide rings is 1. The number of rotatable bonds is 8. The highest BCUT2D eigenvalue weighted by molar-refractivity contribution is 6.60. The van der Waals surface area contributed by atoms with Crippen molar-refractivity contribution < 1.29 is 22.8 Å². The Balaban J connectivity index is 1.85. The van der Waals surface area contributed by atoms with Gasteiger partial charge in [-0.05, 0) is 19.3 Å². The van der Waals surface area contributed by atoms with E-state index < -0.39 is 8.80 Å². The van der Waals surface area contributed by atoms with E-state index in [4.69, 9.17) is 22.8 Å². The number of ether oxygens (including phenoxy) is 2. The Morgan fingerprint density at radius 2 is 2.00 bits per heavy atom. The van der Waals surface area contributed by atoms with Gasteiger partial charge >= 0.3 is 8.80 Å². The van der Waals surface area contributed by atoms with Crippen LogP contribution in [0.3, 0.4) is 0 Å². The molecule has 2 rings (SSSR count). The molecule has 2 fully saturated rings. The summed E-state index contributed by atoms with van der Waals surface area (Å²) in [6.07, 6.45) is 6.37. The maximum Gasteiger partial charge on any atom is 0.502 e. The lowest BCUT2D eigenvalue weighted by Crippen LogP contribution is -2.45. The van der Waals surface area contributed by atoms with E-state index in [1.165, 1.54) is 25.7 Å². The highest BCUT2D eigenvalue weighted by Gasteiger charge is 2.58. The van der Waals surface area contributed by atoms with E-state index in [9.17, 15) is 0 Å². The summed E-state index contributed by atoms with van der Waals surface area (Å²) < 4.78 is 27.5. The Morgan fingerprint density at radius 3 is 2.61 bits per heavy atom. The summed E-state index contributed by atoms with van der Waals surface area (Å²) in [5.41, 5.74) is 0.101. The Morgan fingerprint density at radius 1 is 1.22 bits per heavy atom. The van der Waals surface area contributed by atoms with Gasteiger partial charge in [0.25, 0.3) is 0 Å². The lowest BCUT2D eigenvalue weighted by Gasteiger charge is -2.27. The van der Waals surface area contributed by atoms with Gasteiger partial charge in [-0.15, -0.1) is 0 Å². The molecule has 0 N–H and O–H groups in total. The molecule has 18 heavy (non-hydrogen) atoms. The third kappa shape index (κ3) is 2.95. The Hall–Kier alpha value is 0.0169. The Kier molecular flexibility index (Phi) is 4.79. The third-order valence-corrected chi connectivity index (χ3v) is 6.76. The smallest absolute Gasteiger partial charge is 0.377 e. The molecule has 6 heteroatoms. The van der Waals surface area contributed by atoms with E-state index in [0.717, 1.165) is 12.5 Å². The second kappa shape index (κ2) is 5.98. The second-order valence-corrected chi connectivity index (χ2v) is 8.03. The maximum absolute atomic E-state index is 5.88. The minimum Gasteiger partial charge on any atom is -0.377 e. The molecule has 0 aromatic heterocycles. The van der Waals surface area contributed by atoms with E-state index in [2.05, 4.69) is 0 Å². The quantitative estimate of drug-likeness (QED) is 0.385. The SMILES string of the molecule is COCO[Si](CCC12CCCCC1O2)(OC)OC. The average molecular weight is 276 g/mol. The molecule has 1 saturated heterocycles. The van der Waals surface area contributed by atoms with Crippen molar-refractivity contribution in [3.8, 4) is 0 Å². The van der Waals surface area contributed by atoms with Gasteiger partial charge in [-0.25, -0.2) is 0 Å². The van der Waals surface area contributed by atoms with Crippen LogP contribution >= 0.6 is 0 Å². The van der Waals surface area contributed by atoms with Gasteiger partial charge in [0.2, 0.25) is 0 Å². The van der Waals surface area contributed by atoms with Crippen LogP contribution < -0.4 is 0 Å². The average Bonchev–Trinajstić information content (AvgIpc) is 3.15. The summed E-state index contributed by atoms with van der Waals surface area (Å²) in [4.78, 5) is 0. The van der Waals surface area contributed by atoms with Crippen LogP contribution in [0.1, 0.15) is 32.1 Å². The standard InChI is InChI=1S/C12H24O5Si/c1-13-10-16-18(14-2,15-3)9-8-12-7-5-4-6-11(12)17-12/h11H,4-10H2,1-3H3. The van der Waals surface area contributed by atoms with Gasteiger partial charge in [0.1, 0.15) is 6.79 Å². The van der Waals surface area contributed by atoms with Gasteiger partial charge in [0.15, 0.2) is 0 Å². The molecule has 0 aromatic rings. The van der Waals surface area contributed by atoms with Gasteiger partial charge in [0, 0.05) is 27.4 Å². The van der Waals surface area contributed by atoms with Crippen LogP contribution in [0, 0.1) is 0 Å². The van der Waals surface area contributed by atoms with Crippen LogP contribution in [0.5, 0.6) is 0 Å². The third-order valence-electron chi connectivity index (χ3n) is 4.10. The van der Waals surface area contributed by atoms with Gasteiger partial charge in [-0.2, -0.15) is 0 Å². The van der Waals surface area contributed by atoms with Crippen LogP contribution in [0.2, 0.25) is 6.04 Å². The zero-order valence-corrected chi connectivity index (χ0v) is 12.6. The first-order chi connectivity index (χ1) is 8.70. The molecule has 1 aliphatic heterocycles. The predicted octanol–water partition coefficient (Wildman–Crippen LogP) is 1.94. The Bertz CT molecular complexity index is 271. The maximum atomic E-state index is 5.88. The topological polar surface area (TPSA) is 49.5 Å². The van der Waals surface area contributed by atoms with Crippen LogP contribution in [-0.2, 0) is 22.8 Å². The molecule has 2 atom stereocenters. The normalized spacial score (nSPS) is 31.2. The van der Waals surface area contributed by atoms with E-state index in [1.54, 1.807) is 21.3 Å². The molecule has 106 valence electrons. The molecule has 1 aliphatic carbocycles. The highest BCUT2D eigenvalue weighted by atomic mass is 28.4. The van der Waals surface area contributed by atoms with Crippen LogP contribution in [0.4, 0.5) is 0 Å². The summed E-state index contributed by atoms with van der Waals surface area (Å²) >= 11 is 0. The first-order valence-electron chi connectivity index (χ1n) is 6.61. The van der Waals surface area contributed by atoms with Crippen molar-refractivity contribution in [3.63, 3.8) is 0 Å². The highest BCUT2D eigenvalue weighted by Crippen LogP contribution is 2.51. The van der Waals surface area contributed by atoms with Crippen molar-refractivity contribution in [2.24, 2.45) is 0 Å². The molecule has 2 aliphatic rings. The van der Waals surface area contributed by atoms with Gasteiger partial charge in [-0.1, -0.05) is 12.8 Å². The molecule has 5 nitrogen and oxygen atoms in total. The molecule has 0 aromatic carbocycles. The van der Waals surface area contributed by atoms with Crippen LogP contribution in [0.15, 0.2) is 0 Å². The second-order valence-electron chi connectivity index (χ2n) is 5.06. The minimum atomic E-state index is -2.57. The van der Waals surface area contributed by atoms with Gasteiger partial charge in [-0.3, -0.25) is 0 Å². The molecule has 1 heterocycles. The number of methoxy groups -OCH3 is 1. The van der Waals surface area contributed by atoms with Crippen molar-refractivity contribution >= 4 is 8.80 Å². The molecule has 1 saturated carbocycles. The van der Waals surface area contributed by atoms with Crippen molar-refractivity contribution in [2.45, 2.75) is 49.9 Å². The number of hydrogen-bond acceptors (Lipinski definition) is 5. The lowest BCUT2D eigenvalue weighted by atomic mass is 9.87. The molecular weight excluding hydrogens is 252 g/mol. The summed E-state index contributed by atoms with van der Waals surface area (Å²) in [6, 6.07) is 0.792. The van der Waals surface area contributed by atoms with E-state index >= 15 is 0 Å². The molecule has 0 amide bonds. The zero-order valence-electron chi connectivity index (χ0n) is 11.6. The largest absolute Gasteiger partial charge is 0.502 e. The fourth-order valence-electron chi connectivity index (χ4n) is 2.88. The fourth-order valence-corrected chi connectivity index (χ4v) is 4.86. The van der Waals surface area contributed by atoms with E-state index in [-0.39, 0.29) is 12.4 Å². The van der Waals surface area contributed by atoms with Gasteiger partial charge < -0.3 is 22.8 Å². The summed E-state index contributed by atoms with van der Waals surface area (Å²) in [5, 5.41) is 0. The number of hydrogen-bond donors (Lipinski definition) is 0. The van der Waals surface area contributed by atoms with Gasteiger partial charge in [0.05, 0.1) is 11.7 Å². The minimum absolute atomic E-state index is 0.101. The monoisotopic (exact) mass is 276 g/mol. The lowest BCUT2D eigenvalue weighted by molar-refractivity contribution is -0.0116.